The summed E-state index contributed by atoms with van der Waals surface area (Å²) in [6.45, 7) is 0. The second-order valence-electron chi connectivity index (χ2n) is 4.10. The molecule has 0 saturated carbocycles. The Morgan fingerprint density at radius 2 is 2.00 bits per heavy atom. The van der Waals surface area contributed by atoms with Crippen molar-refractivity contribution in [2.75, 3.05) is 0 Å². The Bertz CT molecular complexity index is 747. The Labute approximate surface area is 140 Å². The molecule has 2 rings (SSSR count). The van der Waals surface area contributed by atoms with Gasteiger partial charge in [-0.15, -0.1) is 0 Å². The minimum atomic E-state index is -4.68. The maximum absolute atomic E-state index is 12.7. The highest BCUT2D eigenvalue weighted by molar-refractivity contribution is 9.10. The van der Waals surface area contributed by atoms with E-state index in [-0.39, 0.29) is 16.5 Å². The van der Waals surface area contributed by atoms with Crippen molar-refractivity contribution in [3.8, 4) is 5.88 Å². The van der Waals surface area contributed by atoms with Crippen LogP contribution in [0.4, 0.5) is 13.2 Å². The van der Waals surface area contributed by atoms with E-state index in [1.165, 1.54) is 25.2 Å². The molecule has 0 spiro atoms. The quantitative estimate of drug-likeness (QED) is 0.663. The van der Waals surface area contributed by atoms with Gasteiger partial charge in [-0.2, -0.15) is 18.3 Å². The molecule has 118 valence electrons. The second kappa shape index (κ2) is 6.10. The summed E-state index contributed by atoms with van der Waals surface area (Å²) in [5.74, 6) is -1.32. The molecule has 10 heteroatoms. The van der Waals surface area contributed by atoms with Crippen LogP contribution in [0.2, 0.25) is 10.0 Å². The number of nitrogens with zero attached hydrogens (tertiary/aromatic N) is 2. The van der Waals surface area contributed by atoms with Crippen LogP contribution < -0.4 is 4.74 Å². The van der Waals surface area contributed by atoms with E-state index >= 15 is 0 Å². The summed E-state index contributed by atoms with van der Waals surface area (Å²) in [6, 6.07) is 4.03. The maximum atomic E-state index is 12.7. The Morgan fingerprint density at radius 1 is 1.36 bits per heavy atom. The first-order chi connectivity index (χ1) is 10.1. The van der Waals surface area contributed by atoms with Crippen LogP contribution in [0.1, 0.15) is 16.1 Å². The smallest absolute Gasteiger partial charge is 0.403 e. The van der Waals surface area contributed by atoms with E-state index in [0.717, 1.165) is 4.68 Å². The average molecular weight is 418 g/mol. The van der Waals surface area contributed by atoms with Crippen LogP contribution in [-0.2, 0) is 13.2 Å². The third-order valence-electron chi connectivity index (χ3n) is 2.55. The number of carbonyl (C=O) groups is 1. The number of rotatable bonds is 2. The van der Waals surface area contributed by atoms with Crippen molar-refractivity contribution in [3.05, 3.63) is 44.0 Å². The molecule has 2 aromatic rings. The number of hydrogen-bond acceptors (Lipinski definition) is 3. The number of aryl methyl sites for hydroxylation is 1. The predicted octanol–water partition coefficient (Wildman–Crippen LogP) is 4.73. The summed E-state index contributed by atoms with van der Waals surface area (Å²) in [6.07, 6.45) is -4.68. The van der Waals surface area contributed by atoms with E-state index in [2.05, 4.69) is 21.0 Å². The van der Waals surface area contributed by atoms with Gasteiger partial charge >= 0.3 is 12.1 Å². The number of esters is 1. The SMILES string of the molecule is Cn1nc(C(F)(F)F)c(Br)c1OC(=O)c1ccc(Cl)cc1Cl. The molecule has 1 aromatic carbocycles. The van der Waals surface area contributed by atoms with Crippen LogP contribution in [0.15, 0.2) is 22.7 Å². The summed E-state index contributed by atoms with van der Waals surface area (Å²) in [5, 5.41) is 3.61. The van der Waals surface area contributed by atoms with Gasteiger partial charge in [-0.1, -0.05) is 23.2 Å². The third kappa shape index (κ3) is 3.39. The number of halogens is 6. The summed E-state index contributed by atoms with van der Waals surface area (Å²) in [7, 11) is 1.21. The maximum Gasteiger partial charge on any atom is 0.436 e. The highest BCUT2D eigenvalue weighted by Crippen LogP contribution is 2.39. The molecule has 0 amide bonds. The van der Waals surface area contributed by atoms with Gasteiger partial charge in [0.2, 0.25) is 5.88 Å². The van der Waals surface area contributed by atoms with E-state index in [9.17, 15) is 18.0 Å². The second-order valence-corrected chi connectivity index (χ2v) is 5.74. The average Bonchev–Trinajstić information content (AvgIpc) is 2.66. The van der Waals surface area contributed by atoms with E-state index in [4.69, 9.17) is 27.9 Å². The lowest BCUT2D eigenvalue weighted by Crippen LogP contribution is -2.12. The fraction of sp³-hybridized carbons (Fsp3) is 0.167. The van der Waals surface area contributed by atoms with Crippen molar-refractivity contribution in [2.45, 2.75) is 6.18 Å². The molecular weight excluding hydrogens is 412 g/mol. The number of ether oxygens (including phenoxy) is 1. The molecule has 0 N–H and O–H groups in total. The molecule has 0 atom stereocenters. The summed E-state index contributed by atoms with van der Waals surface area (Å²) >= 11 is 14.3. The van der Waals surface area contributed by atoms with Crippen LogP contribution in [0.25, 0.3) is 0 Å². The molecule has 22 heavy (non-hydrogen) atoms. The summed E-state index contributed by atoms with van der Waals surface area (Å²) in [4.78, 5) is 12.0. The van der Waals surface area contributed by atoms with Crippen molar-refractivity contribution in [1.29, 1.82) is 0 Å². The molecule has 1 aromatic heterocycles. The largest absolute Gasteiger partial charge is 0.436 e. The van der Waals surface area contributed by atoms with E-state index in [1.54, 1.807) is 0 Å². The zero-order chi connectivity index (χ0) is 16.7. The minimum Gasteiger partial charge on any atom is -0.403 e. The zero-order valence-corrected chi connectivity index (χ0v) is 13.8. The number of hydrogen-bond donors (Lipinski definition) is 0. The van der Waals surface area contributed by atoms with Crippen molar-refractivity contribution in [3.63, 3.8) is 0 Å². The molecule has 0 aliphatic heterocycles. The van der Waals surface area contributed by atoms with Gasteiger partial charge in [-0.05, 0) is 34.1 Å². The standard InChI is InChI=1S/C12H6BrCl2F3N2O2/c1-20-10(8(13)9(19-20)12(16,17)18)22-11(21)6-3-2-5(14)4-7(6)15/h2-4H,1H3. The lowest BCUT2D eigenvalue weighted by atomic mass is 10.2. The van der Waals surface area contributed by atoms with Crippen LogP contribution in [0, 0.1) is 0 Å². The van der Waals surface area contributed by atoms with Gasteiger partial charge in [0.15, 0.2) is 5.69 Å². The first-order valence-corrected chi connectivity index (χ1v) is 7.13. The molecule has 1 heterocycles. The first kappa shape index (κ1) is 17.1. The van der Waals surface area contributed by atoms with Gasteiger partial charge in [0.1, 0.15) is 4.47 Å². The molecule has 0 saturated heterocycles. The monoisotopic (exact) mass is 416 g/mol. The highest BCUT2D eigenvalue weighted by atomic mass is 79.9. The van der Waals surface area contributed by atoms with E-state index in [0.29, 0.717) is 5.02 Å². The molecule has 0 radical (unpaired) electrons. The van der Waals surface area contributed by atoms with Gasteiger partial charge in [0.05, 0.1) is 10.6 Å². The number of benzene rings is 1. The highest BCUT2D eigenvalue weighted by Gasteiger charge is 2.39. The van der Waals surface area contributed by atoms with Gasteiger partial charge in [0.25, 0.3) is 0 Å². The fourth-order valence-corrected chi connectivity index (χ4v) is 2.70. The van der Waals surface area contributed by atoms with Crippen LogP contribution in [0.5, 0.6) is 5.88 Å². The third-order valence-corrected chi connectivity index (χ3v) is 3.81. The van der Waals surface area contributed by atoms with Gasteiger partial charge < -0.3 is 4.74 Å². The Balaban J connectivity index is 2.35. The lowest BCUT2D eigenvalue weighted by molar-refractivity contribution is -0.142. The summed E-state index contributed by atoms with van der Waals surface area (Å²) in [5.41, 5.74) is -1.23. The fourth-order valence-electron chi connectivity index (χ4n) is 1.57. The molecule has 0 aliphatic carbocycles. The van der Waals surface area contributed by atoms with E-state index < -0.39 is 22.3 Å². The normalized spacial score (nSPS) is 11.6. The Kier molecular flexibility index (Phi) is 4.74. The molecule has 0 aliphatic rings. The lowest BCUT2D eigenvalue weighted by Gasteiger charge is -2.07. The number of alkyl halides is 3. The predicted molar refractivity (Wildman–Crippen MR) is 77.3 cm³/mol. The van der Waals surface area contributed by atoms with Crippen LogP contribution in [-0.4, -0.2) is 15.7 Å². The molecule has 4 nitrogen and oxygen atoms in total. The zero-order valence-electron chi connectivity index (χ0n) is 10.7. The summed E-state index contributed by atoms with van der Waals surface area (Å²) < 4.78 is 43.5. The van der Waals surface area contributed by atoms with Crippen molar-refractivity contribution in [1.82, 2.24) is 9.78 Å². The van der Waals surface area contributed by atoms with Crippen LogP contribution >= 0.6 is 39.1 Å². The van der Waals surface area contributed by atoms with Crippen molar-refractivity contribution < 1.29 is 22.7 Å². The number of aromatic nitrogens is 2. The van der Waals surface area contributed by atoms with Gasteiger partial charge in [-0.25, -0.2) is 9.48 Å². The first-order valence-electron chi connectivity index (χ1n) is 5.58. The van der Waals surface area contributed by atoms with Crippen LogP contribution in [0.3, 0.4) is 0 Å². The molecular formula is C12H6BrCl2F3N2O2. The van der Waals surface area contributed by atoms with Crippen molar-refractivity contribution >= 4 is 45.1 Å². The van der Waals surface area contributed by atoms with Gasteiger partial charge in [0, 0.05) is 12.1 Å². The topological polar surface area (TPSA) is 44.1 Å². The van der Waals surface area contributed by atoms with Crippen molar-refractivity contribution in [2.24, 2.45) is 7.05 Å². The molecule has 0 fully saturated rings. The Hall–Kier alpha value is -1.25. The van der Waals surface area contributed by atoms with E-state index in [1.807, 2.05) is 0 Å². The number of carbonyl (C=O) groups excluding carboxylic acids is 1. The van der Waals surface area contributed by atoms with Gasteiger partial charge in [-0.3, -0.25) is 0 Å². The molecule has 0 bridgehead atoms. The molecule has 0 unspecified atom stereocenters. The minimum absolute atomic E-state index is 0.0202. The Morgan fingerprint density at radius 3 is 2.50 bits per heavy atom.